The molecular weight excluding hydrogens is 368 g/mol. The highest BCUT2D eigenvalue weighted by atomic mass is 32.2. The smallest absolute Gasteiger partial charge is 0.243 e. The molecule has 1 amide bonds. The number of ether oxygens (including phenoxy) is 2. The van der Waals surface area contributed by atoms with Crippen molar-refractivity contribution in [1.82, 2.24) is 9.21 Å². The van der Waals surface area contributed by atoms with Gasteiger partial charge in [0.1, 0.15) is 0 Å². The molecule has 0 saturated carbocycles. The number of sulfonamides is 1. The van der Waals surface area contributed by atoms with Gasteiger partial charge >= 0.3 is 0 Å². The molecule has 0 aromatic heterocycles. The summed E-state index contributed by atoms with van der Waals surface area (Å²) in [5.41, 5.74) is 1.94. The van der Waals surface area contributed by atoms with Crippen molar-refractivity contribution in [3.8, 4) is 0 Å². The molecule has 27 heavy (non-hydrogen) atoms. The fourth-order valence-electron chi connectivity index (χ4n) is 3.50. The number of carbonyl (C=O) groups excluding carboxylic acids is 1. The topological polar surface area (TPSA) is 76.2 Å². The number of hydrogen-bond acceptors (Lipinski definition) is 5. The summed E-state index contributed by atoms with van der Waals surface area (Å²) in [6, 6.07) is 5.03. The molecule has 1 aromatic rings. The van der Waals surface area contributed by atoms with Crippen molar-refractivity contribution in [2.45, 2.75) is 37.9 Å². The van der Waals surface area contributed by atoms with Crippen LogP contribution in [0.4, 0.5) is 0 Å². The van der Waals surface area contributed by atoms with Gasteiger partial charge in [-0.15, -0.1) is 0 Å². The minimum Gasteiger partial charge on any atom is -0.350 e. The molecule has 2 aliphatic heterocycles. The number of rotatable bonds is 5. The second-order valence-corrected chi connectivity index (χ2v) is 9.38. The maximum Gasteiger partial charge on any atom is 0.243 e. The van der Waals surface area contributed by atoms with Gasteiger partial charge < -0.3 is 14.4 Å². The van der Waals surface area contributed by atoms with Crippen LogP contribution in [0.3, 0.4) is 0 Å². The molecule has 0 aliphatic carbocycles. The number of benzene rings is 1. The van der Waals surface area contributed by atoms with Crippen molar-refractivity contribution in [2.75, 3.05) is 39.9 Å². The molecule has 1 aromatic carbocycles. The maximum atomic E-state index is 12.8. The van der Waals surface area contributed by atoms with E-state index in [0.29, 0.717) is 32.2 Å². The minimum atomic E-state index is -3.69. The SMILES string of the molecule is Cc1ccc(S(=O)(=O)N(C)CC(=O)N2CCC(C3OCCO3)CC2)cc1C. The molecule has 2 saturated heterocycles. The zero-order valence-electron chi connectivity index (χ0n) is 16.2. The first-order chi connectivity index (χ1) is 12.8. The molecular formula is C19H28N2O5S. The van der Waals surface area contributed by atoms with E-state index in [0.717, 1.165) is 28.3 Å². The van der Waals surface area contributed by atoms with E-state index in [9.17, 15) is 13.2 Å². The third-order valence-corrected chi connectivity index (χ3v) is 7.27. The summed E-state index contributed by atoms with van der Waals surface area (Å²) in [7, 11) is -2.24. The molecule has 7 nitrogen and oxygen atoms in total. The van der Waals surface area contributed by atoms with Crippen molar-refractivity contribution in [3.05, 3.63) is 29.3 Å². The standard InChI is InChI=1S/C19H28N2O5S/c1-14-4-5-17(12-15(14)2)27(23,24)20(3)13-18(22)21-8-6-16(7-9-21)19-25-10-11-26-19/h4-5,12,16,19H,6-11,13H2,1-3H3. The van der Waals surface area contributed by atoms with E-state index in [2.05, 4.69) is 0 Å². The van der Waals surface area contributed by atoms with E-state index in [4.69, 9.17) is 9.47 Å². The largest absolute Gasteiger partial charge is 0.350 e. The maximum absolute atomic E-state index is 12.8. The number of hydrogen-bond donors (Lipinski definition) is 0. The average molecular weight is 397 g/mol. The van der Waals surface area contributed by atoms with Crippen molar-refractivity contribution >= 4 is 15.9 Å². The van der Waals surface area contributed by atoms with Crippen LogP contribution in [0.15, 0.2) is 23.1 Å². The number of aryl methyl sites for hydroxylation is 2. The molecule has 2 fully saturated rings. The molecule has 8 heteroatoms. The van der Waals surface area contributed by atoms with Gasteiger partial charge in [0, 0.05) is 26.1 Å². The number of piperidine rings is 1. The van der Waals surface area contributed by atoms with Crippen LogP contribution in [-0.4, -0.2) is 69.7 Å². The van der Waals surface area contributed by atoms with E-state index < -0.39 is 10.0 Å². The Morgan fingerprint density at radius 2 is 1.78 bits per heavy atom. The molecule has 150 valence electrons. The van der Waals surface area contributed by atoms with E-state index in [1.165, 1.54) is 7.05 Å². The number of nitrogens with zero attached hydrogens (tertiary/aromatic N) is 2. The summed E-state index contributed by atoms with van der Waals surface area (Å²) in [4.78, 5) is 14.5. The highest BCUT2D eigenvalue weighted by molar-refractivity contribution is 7.89. The highest BCUT2D eigenvalue weighted by Crippen LogP contribution is 2.26. The predicted molar refractivity (Wildman–Crippen MR) is 101 cm³/mol. The summed E-state index contributed by atoms with van der Waals surface area (Å²) >= 11 is 0. The fourth-order valence-corrected chi connectivity index (χ4v) is 4.71. The monoisotopic (exact) mass is 396 g/mol. The molecule has 0 N–H and O–H groups in total. The summed E-state index contributed by atoms with van der Waals surface area (Å²) in [6.45, 7) is 6.12. The Bertz CT molecular complexity index is 781. The predicted octanol–water partition coefficient (Wildman–Crippen LogP) is 1.54. The normalized spacial score (nSPS) is 19.8. The highest BCUT2D eigenvalue weighted by Gasteiger charge is 2.33. The third-order valence-electron chi connectivity index (χ3n) is 5.47. The molecule has 2 heterocycles. The van der Waals surface area contributed by atoms with Crippen LogP contribution in [0.1, 0.15) is 24.0 Å². The average Bonchev–Trinajstić information content (AvgIpc) is 3.18. The number of likely N-dealkylation sites (N-methyl/N-ethyl adjacent to an activating group) is 1. The van der Waals surface area contributed by atoms with Crippen LogP contribution in [0, 0.1) is 19.8 Å². The Labute approximate surface area is 161 Å². The van der Waals surface area contributed by atoms with Gasteiger partial charge in [-0.3, -0.25) is 4.79 Å². The van der Waals surface area contributed by atoms with Crippen molar-refractivity contribution in [1.29, 1.82) is 0 Å². The molecule has 0 atom stereocenters. The Balaban J connectivity index is 1.57. The zero-order valence-corrected chi connectivity index (χ0v) is 17.0. The molecule has 0 unspecified atom stereocenters. The van der Waals surface area contributed by atoms with E-state index >= 15 is 0 Å². The van der Waals surface area contributed by atoms with Gasteiger partial charge in [-0.2, -0.15) is 4.31 Å². The Kier molecular flexibility index (Phi) is 6.20. The Morgan fingerprint density at radius 1 is 1.15 bits per heavy atom. The summed E-state index contributed by atoms with van der Waals surface area (Å²) < 4.78 is 37.8. The van der Waals surface area contributed by atoms with Crippen molar-refractivity contribution in [3.63, 3.8) is 0 Å². The Hall–Kier alpha value is -1.48. The fraction of sp³-hybridized carbons (Fsp3) is 0.632. The van der Waals surface area contributed by atoms with Gasteiger partial charge in [0.05, 0.1) is 24.7 Å². The Morgan fingerprint density at radius 3 is 2.37 bits per heavy atom. The van der Waals surface area contributed by atoms with Crippen LogP contribution >= 0.6 is 0 Å². The van der Waals surface area contributed by atoms with Crippen LogP contribution in [0.25, 0.3) is 0 Å². The lowest BCUT2D eigenvalue weighted by Gasteiger charge is -2.34. The first-order valence-electron chi connectivity index (χ1n) is 9.33. The minimum absolute atomic E-state index is 0.156. The van der Waals surface area contributed by atoms with Crippen LogP contribution in [0.5, 0.6) is 0 Å². The van der Waals surface area contributed by atoms with E-state index in [1.807, 2.05) is 13.8 Å². The molecule has 2 aliphatic rings. The lowest BCUT2D eigenvalue weighted by Crippen LogP contribution is -2.46. The van der Waals surface area contributed by atoms with Gasteiger partial charge in [0.25, 0.3) is 0 Å². The number of amides is 1. The van der Waals surface area contributed by atoms with Crippen LogP contribution in [-0.2, 0) is 24.3 Å². The van der Waals surface area contributed by atoms with Crippen molar-refractivity contribution in [2.24, 2.45) is 5.92 Å². The molecule has 3 rings (SSSR count). The number of carbonyl (C=O) groups is 1. The van der Waals surface area contributed by atoms with Gasteiger partial charge in [0.2, 0.25) is 15.9 Å². The lowest BCUT2D eigenvalue weighted by atomic mass is 9.96. The van der Waals surface area contributed by atoms with E-state index in [-0.39, 0.29) is 23.6 Å². The zero-order chi connectivity index (χ0) is 19.6. The lowest BCUT2D eigenvalue weighted by molar-refractivity contribution is -0.136. The van der Waals surface area contributed by atoms with E-state index in [1.54, 1.807) is 23.1 Å². The van der Waals surface area contributed by atoms with Crippen LogP contribution in [0.2, 0.25) is 0 Å². The first-order valence-corrected chi connectivity index (χ1v) is 10.8. The molecule has 0 bridgehead atoms. The second kappa shape index (κ2) is 8.26. The van der Waals surface area contributed by atoms with Gasteiger partial charge in [0.15, 0.2) is 6.29 Å². The van der Waals surface area contributed by atoms with Crippen LogP contribution < -0.4 is 0 Å². The van der Waals surface area contributed by atoms with Gasteiger partial charge in [-0.05, 0) is 49.9 Å². The summed E-state index contributed by atoms with van der Waals surface area (Å²) in [6.07, 6.45) is 1.46. The second-order valence-electron chi connectivity index (χ2n) is 7.34. The van der Waals surface area contributed by atoms with Crippen molar-refractivity contribution < 1.29 is 22.7 Å². The quantitative estimate of drug-likeness (QED) is 0.755. The van der Waals surface area contributed by atoms with Gasteiger partial charge in [-0.25, -0.2) is 8.42 Å². The first kappa shape index (κ1) is 20.3. The summed E-state index contributed by atoms with van der Waals surface area (Å²) in [5.74, 6) is 0.130. The third kappa shape index (κ3) is 4.51. The molecule has 0 radical (unpaired) electrons. The molecule has 0 spiro atoms. The van der Waals surface area contributed by atoms with Gasteiger partial charge in [-0.1, -0.05) is 6.07 Å². The summed E-state index contributed by atoms with van der Waals surface area (Å²) in [5, 5.41) is 0. The number of likely N-dealkylation sites (tertiary alicyclic amines) is 1.